The van der Waals surface area contributed by atoms with Crippen LogP contribution >= 0.6 is 11.6 Å². The van der Waals surface area contributed by atoms with E-state index < -0.39 is 0 Å². The number of ether oxygens (including phenoxy) is 1. The van der Waals surface area contributed by atoms with Crippen LogP contribution in [0.25, 0.3) is 0 Å². The average Bonchev–Trinajstić information content (AvgIpc) is 2.53. The molecular weight excluding hydrogens is 314 g/mol. The SMILES string of the molecule is CCOc1cc(C(CN)N2CCN(CC)C(C)C2)cc(Cl)c1O. The van der Waals surface area contributed by atoms with Crippen LogP contribution in [0.5, 0.6) is 11.5 Å². The Morgan fingerprint density at radius 3 is 2.70 bits per heavy atom. The zero-order valence-corrected chi connectivity index (χ0v) is 15.0. The number of benzene rings is 1. The van der Waals surface area contributed by atoms with Gasteiger partial charge in [-0.2, -0.15) is 0 Å². The van der Waals surface area contributed by atoms with Crippen LogP contribution in [-0.2, 0) is 0 Å². The molecule has 2 rings (SSSR count). The molecule has 1 aliphatic rings. The van der Waals surface area contributed by atoms with Gasteiger partial charge in [0.2, 0.25) is 0 Å². The number of likely N-dealkylation sites (N-methyl/N-ethyl adjacent to an activating group) is 1. The zero-order chi connectivity index (χ0) is 17.0. The van der Waals surface area contributed by atoms with Gasteiger partial charge in [0.05, 0.1) is 11.6 Å². The van der Waals surface area contributed by atoms with Crippen LogP contribution in [-0.4, -0.2) is 60.3 Å². The molecule has 130 valence electrons. The molecule has 23 heavy (non-hydrogen) atoms. The first-order valence-electron chi connectivity index (χ1n) is 8.35. The summed E-state index contributed by atoms with van der Waals surface area (Å²) in [4.78, 5) is 4.87. The van der Waals surface area contributed by atoms with Crippen LogP contribution < -0.4 is 10.5 Å². The van der Waals surface area contributed by atoms with E-state index >= 15 is 0 Å². The molecule has 1 aliphatic heterocycles. The molecule has 5 nitrogen and oxygen atoms in total. The van der Waals surface area contributed by atoms with Gasteiger partial charge in [-0.15, -0.1) is 0 Å². The first-order valence-corrected chi connectivity index (χ1v) is 8.72. The van der Waals surface area contributed by atoms with E-state index in [4.69, 9.17) is 22.1 Å². The quantitative estimate of drug-likeness (QED) is 0.832. The van der Waals surface area contributed by atoms with Gasteiger partial charge in [-0.25, -0.2) is 0 Å². The van der Waals surface area contributed by atoms with Crippen molar-refractivity contribution in [1.82, 2.24) is 9.80 Å². The highest BCUT2D eigenvalue weighted by molar-refractivity contribution is 6.32. The number of phenols is 1. The van der Waals surface area contributed by atoms with Gasteiger partial charge in [0.15, 0.2) is 11.5 Å². The predicted octanol–water partition coefficient (Wildman–Crippen LogP) is 2.47. The third kappa shape index (κ3) is 4.10. The maximum Gasteiger partial charge on any atom is 0.176 e. The third-order valence-electron chi connectivity index (χ3n) is 4.60. The van der Waals surface area contributed by atoms with Crippen LogP contribution in [0.1, 0.15) is 32.4 Å². The molecule has 1 aromatic rings. The number of nitrogens with two attached hydrogens (primary N) is 1. The van der Waals surface area contributed by atoms with Crippen molar-refractivity contribution in [3.8, 4) is 11.5 Å². The first kappa shape index (κ1) is 18.3. The molecule has 2 unspecified atom stereocenters. The Kier molecular flexibility index (Phi) is 6.53. The number of piperazine rings is 1. The number of halogens is 1. The van der Waals surface area contributed by atoms with E-state index in [0.29, 0.717) is 30.0 Å². The monoisotopic (exact) mass is 341 g/mol. The van der Waals surface area contributed by atoms with Crippen LogP contribution in [0.4, 0.5) is 0 Å². The lowest BCUT2D eigenvalue weighted by atomic mass is 10.0. The lowest BCUT2D eigenvalue weighted by Gasteiger charge is -2.43. The molecular formula is C17H28ClN3O2. The van der Waals surface area contributed by atoms with Crippen molar-refractivity contribution < 1.29 is 9.84 Å². The Morgan fingerprint density at radius 2 is 2.13 bits per heavy atom. The van der Waals surface area contributed by atoms with E-state index in [1.165, 1.54) is 0 Å². The van der Waals surface area contributed by atoms with Crippen LogP contribution in [0.3, 0.4) is 0 Å². The molecule has 0 amide bonds. The number of phenolic OH excluding ortho intramolecular Hbond substituents is 1. The van der Waals surface area contributed by atoms with Crippen molar-refractivity contribution in [3.63, 3.8) is 0 Å². The molecule has 1 saturated heterocycles. The number of rotatable bonds is 6. The summed E-state index contributed by atoms with van der Waals surface area (Å²) in [6.45, 7) is 11.4. The molecule has 0 spiro atoms. The van der Waals surface area contributed by atoms with Gasteiger partial charge in [0.25, 0.3) is 0 Å². The summed E-state index contributed by atoms with van der Waals surface area (Å²) in [6, 6.07) is 4.24. The van der Waals surface area contributed by atoms with E-state index in [1.807, 2.05) is 13.0 Å². The molecule has 2 atom stereocenters. The highest BCUT2D eigenvalue weighted by Crippen LogP contribution is 2.38. The summed E-state index contributed by atoms with van der Waals surface area (Å²) in [6.07, 6.45) is 0. The van der Waals surface area contributed by atoms with E-state index in [2.05, 4.69) is 23.6 Å². The fourth-order valence-corrected chi connectivity index (χ4v) is 3.54. The number of hydrogen-bond donors (Lipinski definition) is 2. The van der Waals surface area contributed by atoms with Crippen molar-refractivity contribution >= 4 is 11.6 Å². The van der Waals surface area contributed by atoms with Crippen LogP contribution in [0.2, 0.25) is 5.02 Å². The molecule has 0 aliphatic carbocycles. The molecule has 6 heteroatoms. The fourth-order valence-electron chi connectivity index (χ4n) is 3.32. The minimum atomic E-state index is -0.00258. The molecule has 1 heterocycles. The Hall–Kier alpha value is -1.01. The molecule has 0 bridgehead atoms. The minimum absolute atomic E-state index is 0.00258. The van der Waals surface area contributed by atoms with Gasteiger partial charge in [-0.1, -0.05) is 18.5 Å². The largest absolute Gasteiger partial charge is 0.503 e. The second-order valence-electron chi connectivity index (χ2n) is 6.01. The lowest BCUT2D eigenvalue weighted by Crippen LogP contribution is -2.53. The van der Waals surface area contributed by atoms with E-state index in [-0.39, 0.29) is 11.8 Å². The van der Waals surface area contributed by atoms with Gasteiger partial charge in [-0.3, -0.25) is 9.80 Å². The van der Waals surface area contributed by atoms with Crippen molar-refractivity contribution in [2.24, 2.45) is 5.73 Å². The van der Waals surface area contributed by atoms with Crippen molar-refractivity contribution in [1.29, 1.82) is 0 Å². The molecule has 3 N–H and O–H groups in total. The van der Waals surface area contributed by atoms with E-state index in [9.17, 15) is 5.11 Å². The Bertz CT molecular complexity index is 527. The summed E-state index contributed by atoms with van der Waals surface area (Å²) in [5.74, 6) is 0.422. The van der Waals surface area contributed by atoms with E-state index in [0.717, 1.165) is 31.7 Å². The Labute approximate surface area is 144 Å². The Morgan fingerprint density at radius 1 is 1.39 bits per heavy atom. The molecule has 1 fully saturated rings. The van der Waals surface area contributed by atoms with Crippen molar-refractivity contribution in [2.75, 3.05) is 39.3 Å². The number of nitrogens with zero attached hydrogens (tertiary/aromatic N) is 2. The highest BCUT2D eigenvalue weighted by atomic mass is 35.5. The standard InChI is InChI=1S/C17H28ClN3O2/c1-4-20-6-7-21(11-12(20)3)15(10-19)13-8-14(18)17(22)16(9-13)23-5-2/h8-9,12,15,22H,4-7,10-11,19H2,1-3H3. The summed E-state index contributed by atoms with van der Waals surface area (Å²) < 4.78 is 5.49. The van der Waals surface area contributed by atoms with Crippen molar-refractivity contribution in [2.45, 2.75) is 32.9 Å². The summed E-state index contributed by atoms with van der Waals surface area (Å²) in [5, 5.41) is 10.3. The maximum absolute atomic E-state index is 10.0. The summed E-state index contributed by atoms with van der Waals surface area (Å²) >= 11 is 6.17. The minimum Gasteiger partial charge on any atom is -0.503 e. The normalized spacial score (nSPS) is 21.3. The van der Waals surface area contributed by atoms with E-state index in [1.54, 1.807) is 6.07 Å². The van der Waals surface area contributed by atoms with Crippen molar-refractivity contribution in [3.05, 3.63) is 22.7 Å². The number of aromatic hydroxyl groups is 1. The second-order valence-corrected chi connectivity index (χ2v) is 6.41. The molecule has 0 radical (unpaired) electrons. The molecule has 0 saturated carbocycles. The Balaban J connectivity index is 2.24. The highest BCUT2D eigenvalue weighted by Gasteiger charge is 2.28. The lowest BCUT2D eigenvalue weighted by molar-refractivity contribution is 0.0606. The molecule has 1 aromatic carbocycles. The predicted molar refractivity (Wildman–Crippen MR) is 94.4 cm³/mol. The van der Waals surface area contributed by atoms with Gasteiger partial charge < -0.3 is 15.6 Å². The second kappa shape index (κ2) is 8.20. The third-order valence-corrected chi connectivity index (χ3v) is 4.89. The summed E-state index contributed by atoms with van der Waals surface area (Å²) in [5.41, 5.74) is 7.05. The average molecular weight is 342 g/mol. The topological polar surface area (TPSA) is 62.0 Å². The zero-order valence-electron chi connectivity index (χ0n) is 14.3. The summed E-state index contributed by atoms with van der Waals surface area (Å²) in [7, 11) is 0. The van der Waals surface area contributed by atoms with Crippen LogP contribution in [0, 0.1) is 0 Å². The van der Waals surface area contributed by atoms with Crippen LogP contribution in [0.15, 0.2) is 12.1 Å². The van der Waals surface area contributed by atoms with Gasteiger partial charge in [0.1, 0.15) is 0 Å². The fraction of sp³-hybridized carbons (Fsp3) is 0.647. The smallest absolute Gasteiger partial charge is 0.176 e. The first-order chi connectivity index (χ1) is 11.0. The van der Waals surface area contributed by atoms with Gasteiger partial charge in [0, 0.05) is 38.3 Å². The van der Waals surface area contributed by atoms with Gasteiger partial charge >= 0.3 is 0 Å². The van der Waals surface area contributed by atoms with Gasteiger partial charge in [-0.05, 0) is 38.1 Å². The molecule has 0 aromatic heterocycles. The maximum atomic E-state index is 10.0. The number of hydrogen-bond acceptors (Lipinski definition) is 5.